The van der Waals surface area contributed by atoms with Crippen molar-refractivity contribution >= 4 is 0 Å². The number of hydrogen-bond donors (Lipinski definition) is 7. The second-order valence-electron chi connectivity index (χ2n) is 5.50. The van der Waals surface area contributed by atoms with Crippen LogP contribution in [0.4, 0.5) is 0 Å². The van der Waals surface area contributed by atoms with Gasteiger partial charge in [0.1, 0.15) is 12.2 Å². The van der Waals surface area contributed by atoms with Crippen LogP contribution in [0.2, 0.25) is 0 Å². The molecule has 0 saturated carbocycles. The van der Waals surface area contributed by atoms with Crippen molar-refractivity contribution in [1.82, 2.24) is 5.32 Å². The molecular formula is C12H23NO8. The predicted octanol–water partition coefficient (Wildman–Crippen LogP) is -4.26. The minimum atomic E-state index is -1.36. The van der Waals surface area contributed by atoms with E-state index in [0.717, 1.165) is 0 Å². The van der Waals surface area contributed by atoms with Crippen molar-refractivity contribution in [1.29, 1.82) is 0 Å². The van der Waals surface area contributed by atoms with Gasteiger partial charge in [0.25, 0.3) is 0 Å². The molecule has 0 unspecified atom stereocenters. The van der Waals surface area contributed by atoms with E-state index in [1.807, 2.05) is 0 Å². The van der Waals surface area contributed by atoms with Gasteiger partial charge in [0.2, 0.25) is 0 Å². The van der Waals surface area contributed by atoms with Gasteiger partial charge in [-0.25, -0.2) is 0 Å². The Bertz CT molecular complexity index is 329. The topological polar surface area (TPSA) is 152 Å². The van der Waals surface area contributed by atoms with Crippen molar-refractivity contribution in [3.8, 4) is 0 Å². The molecule has 7 N–H and O–H groups in total. The number of methoxy groups -OCH3 is 1. The second-order valence-corrected chi connectivity index (χ2v) is 5.50. The molecule has 0 bridgehead atoms. The second kappa shape index (κ2) is 6.82. The Hall–Kier alpha value is -0.360. The first-order chi connectivity index (χ1) is 9.92. The minimum Gasteiger partial charge on any atom is -0.394 e. The summed E-state index contributed by atoms with van der Waals surface area (Å²) < 4.78 is 10.1. The SMILES string of the molecule is CO[C@H]1O[C@H](CO)[C@H](O)[C@H]([C@H](O)[C@@H]2NC[C@H](O)[C@@H]2O)[C@H]1O. The molecular weight excluding hydrogens is 286 g/mol. The highest BCUT2D eigenvalue weighted by Gasteiger charge is 2.52. The van der Waals surface area contributed by atoms with Crippen LogP contribution in [0, 0.1) is 5.92 Å². The van der Waals surface area contributed by atoms with Crippen LogP contribution in [0.1, 0.15) is 0 Å². The first kappa shape index (κ1) is 17.0. The maximum Gasteiger partial charge on any atom is 0.184 e. The molecule has 0 aromatic heterocycles. The average molecular weight is 309 g/mol. The van der Waals surface area contributed by atoms with E-state index in [4.69, 9.17) is 9.47 Å². The molecule has 124 valence electrons. The van der Waals surface area contributed by atoms with Gasteiger partial charge in [-0.15, -0.1) is 0 Å². The lowest BCUT2D eigenvalue weighted by atomic mass is 9.80. The van der Waals surface area contributed by atoms with E-state index in [-0.39, 0.29) is 6.54 Å². The summed E-state index contributed by atoms with van der Waals surface area (Å²) in [6.45, 7) is -0.421. The van der Waals surface area contributed by atoms with Crippen LogP contribution in [0.5, 0.6) is 0 Å². The molecule has 2 fully saturated rings. The fourth-order valence-corrected chi connectivity index (χ4v) is 3.01. The van der Waals surface area contributed by atoms with Gasteiger partial charge in [0, 0.05) is 19.6 Å². The van der Waals surface area contributed by atoms with Crippen molar-refractivity contribution < 1.29 is 40.1 Å². The average Bonchev–Trinajstić information content (AvgIpc) is 2.79. The number of hydrogen-bond acceptors (Lipinski definition) is 9. The molecule has 0 aromatic rings. The van der Waals surface area contributed by atoms with Crippen LogP contribution < -0.4 is 5.32 Å². The molecule has 0 radical (unpaired) electrons. The van der Waals surface area contributed by atoms with Crippen LogP contribution in [-0.2, 0) is 9.47 Å². The summed E-state index contributed by atoms with van der Waals surface area (Å²) in [5.74, 6) is -1.11. The Morgan fingerprint density at radius 1 is 1.19 bits per heavy atom. The lowest BCUT2D eigenvalue weighted by molar-refractivity contribution is -0.295. The Balaban J connectivity index is 2.17. The van der Waals surface area contributed by atoms with Gasteiger partial charge in [-0.2, -0.15) is 0 Å². The summed E-state index contributed by atoms with van der Waals surface area (Å²) in [6.07, 6.45) is -8.47. The molecule has 9 heteroatoms. The van der Waals surface area contributed by atoms with Crippen molar-refractivity contribution in [2.45, 2.75) is 49.0 Å². The van der Waals surface area contributed by atoms with E-state index in [1.165, 1.54) is 7.11 Å². The maximum absolute atomic E-state index is 10.4. The third-order valence-corrected chi connectivity index (χ3v) is 4.26. The van der Waals surface area contributed by atoms with Crippen LogP contribution in [-0.4, -0.2) is 99.9 Å². The van der Waals surface area contributed by atoms with Crippen molar-refractivity contribution in [2.24, 2.45) is 5.92 Å². The Morgan fingerprint density at radius 3 is 2.33 bits per heavy atom. The van der Waals surface area contributed by atoms with Crippen molar-refractivity contribution in [2.75, 3.05) is 20.3 Å². The van der Waals surface area contributed by atoms with E-state index in [1.54, 1.807) is 0 Å². The van der Waals surface area contributed by atoms with E-state index in [9.17, 15) is 30.6 Å². The number of nitrogens with one attached hydrogen (secondary N) is 1. The van der Waals surface area contributed by atoms with Gasteiger partial charge in [-0.3, -0.25) is 0 Å². The Labute approximate surface area is 121 Å². The van der Waals surface area contributed by atoms with Crippen LogP contribution >= 0.6 is 0 Å². The third kappa shape index (κ3) is 3.07. The first-order valence-corrected chi connectivity index (χ1v) is 6.85. The third-order valence-electron chi connectivity index (χ3n) is 4.26. The fraction of sp³-hybridized carbons (Fsp3) is 1.00. The molecule has 9 nitrogen and oxygen atoms in total. The summed E-state index contributed by atoms with van der Waals surface area (Å²) in [7, 11) is 1.29. The summed E-state index contributed by atoms with van der Waals surface area (Å²) in [5.41, 5.74) is 0. The summed E-state index contributed by atoms with van der Waals surface area (Å²) in [4.78, 5) is 0. The lowest BCUT2D eigenvalue weighted by Gasteiger charge is -2.44. The van der Waals surface area contributed by atoms with E-state index in [0.29, 0.717) is 0 Å². The Morgan fingerprint density at radius 2 is 1.86 bits per heavy atom. The standard InChI is InChI=1S/C12H23NO8/c1-20-12-11(19)6(9(17)5(3-14)21-12)10(18)7-8(16)4(15)2-13-7/h4-19H,2-3H2,1H3/t4-,5+,6+,7+,8-,9-,10-,11+,12-/m0/s1. The molecule has 0 aromatic carbocycles. The van der Waals surface area contributed by atoms with Crippen molar-refractivity contribution in [3.63, 3.8) is 0 Å². The van der Waals surface area contributed by atoms with Gasteiger partial charge >= 0.3 is 0 Å². The van der Waals surface area contributed by atoms with Crippen LogP contribution in [0.3, 0.4) is 0 Å². The molecule has 2 heterocycles. The van der Waals surface area contributed by atoms with E-state index in [2.05, 4.69) is 5.32 Å². The van der Waals surface area contributed by atoms with Crippen LogP contribution in [0.15, 0.2) is 0 Å². The highest BCUT2D eigenvalue weighted by molar-refractivity contribution is 5.02. The quantitative estimate of drug-likeness (QED) is 0.274. The highest BCUT2D eigenvalue weighted by Crippen LogP contribution is 2.32. The summed E-state index contributed by atoms with van der Waals surface area (Å²) in [6, 6.07) is -0.913. The zero-order chi connectivity index (χ0) is 15.7. The number of aliphatic hydroxyl groups excluding tert-OH is 6. The number of aliphatic hydroxyl groups is 6. The van der Waals surface area contributed by atoms with Crippen LogP contribution in [0.25, 0.3) is 0 Å². The number of rotatable bonds is 4. The molecule has 21 heavy (non-hydrogen) atoms. The maximum atomic E-state index is 10.4. The molecule has 2 aliphatic rings. The fourth-order valence-electron chi connectivity index (χ4n) is 3.01. The van der Waals surface area contributed by atoms with Gasteiger partial charge in [0.05, 0.1) is 37.1 Å². The van der Waals surface area contributed by atoms with Gasteiger partial charge in [-0.05, 0) is 0 Å². The van der Waals surface area contributed by atoms with Gasteiger partial charge < -0.3 is 45.4 Å². The van der Waals surface area contributed by atoms with E-state index < -0.39 is 61.5 Å². The molecule has 0 aliphatic carbocycles. The van der Waals surface area contributed by atoms with Crippen molar-refractivity contribution in [3.05, 3.63) is 0 Å². The molecule has 2 rings (SSSR count). The molecule has 0 amide bonds. The number of ether oxygens (including phenoxy) is 2. The lowest BCUT2D eigenvalue weighted by Crippen LogP contribution is -2.63. The zero-order valence-corrected chi connectivity index (χ0v) is 11.6. The molecule has 0 spiro atoms. The normalized spacial score (nSPS) is 49.3. The monoisotopic (exact) mass is 309 g/mol. The molecule has 9 atom stereocenters. The largest absolute Gasteiger partial charge is 0.394 e. The molecule has 2 saturated heterocycles. The first-order valence-electron chi connectivity index (χ1n) is 6.85. The Kier molecular flexibility index (Phi) is 5.52. The summed E-state index contributed by atoms with van der Waals surface area (Å²) >= 11 is 0. The number of β-amino-alcohol motifs (C(OH)–C–C–N with tert-alkyl or cyclic N) is 1. The van der Waals surface area contributed by atoms with E-state index >= 15 is 0 Å². The predicted molar refractivity (Wildman–Crippen MR) is 68.1 cm³/mol. The molecule has 2 aliphatic heterocycles. The zero-order valence-electron chi connectivity index (χ0n) is 11.6. The smallest absolute Gasteiger partial charge is 0.184 e. The minimum absolute atomic E-state index is 0.0927. The van der Waals surface area contributed by atoms with Gasteiger partial charge in [0.15, 0.2) is 6.29 Å². The summed E-state index contributed by atoms with van der Waals surface area (Å²) in [5, 5.41) is 62.0. The van der Waals surface area contributed by atoms with Gasteiger partial charge in [-0.1, -0.05) is 0 Å². The highest BCUT2D eigenvalue weighted by atomic mass is 16.7.